The number of thiazole rings is 1. The Labute approximate surface area is 174 Å². The number of carbonyl (C=O) groups excluding carboxylic acids is 1. The average Bonchev–Trinajstić information content (AvgIpc) is 3.05. The monoisotopic (exact) mass is 416 g/mol. The van der Waals surface area contributed by atoms with Gasteiger partial charge in [-0.3, -0.25) is 0 Å². The average molecular weight is 417 g/mol. The number of amides is 1. The van der Waals surface area contributed by atoms with E-state index in [9.17, 15) is 4.79 Å². The summed E-state index contributed by atoms with van der Waals surface area (Å²) >= 11 is 1.68. The van der Waals surface area contributed by atoms with Gasteiger partial charge in [-0.15, -0.1) is 11.3 Å². The number of aromatic nitrogens is 2. The van der Waals surface area contributed by atoms with E-state index in [4.69, 9.17) is 15.2 Å². The van der Waals surface area contributed by atoms with Gasteiger partial charge < -0.3 is 20.5 Å². The van der Waals surface area contributed by atoms with Gasteiger partial charge in [-0.1, -0.05) is 6.92 Å². The summed E-state index contributed by atoms with van der Waals surface area (Å²) in [5.41, 5.74) is 7.22. The number of nitrogen functional groups attached to an aromatic ring is 1. The zero-order chi connectivity index (χ0) is 21.0. The summed E-state index contributed by atoms with van der Waals surface area (Å²) in [6.45, 7) is 8.59. The van der Waals surface area contributed by atoms with Crippen molar-refractivity contribution in [2.24, 2.45) is 0 Å². The first-order valence-electron chi connectivity index (χ1n) is 9.85. The Hall–Kier alpha value is -2.61. The number of fused-ring (bicyclic) bond motifs is 3. The molecule has 0 saturated carbocycles. The Morgan fingerprint density at radius 1 is 1.28 bits per heavy atom. The number of rotatable bonds is 7. The van der Waals surface area contributed by atoms with Crippen LogP contribution < -0.4 is 15.8 Å². The van der Waals surface area contributed by atoms with Crippen molar-refractivity contribution in [1.82, 2.24) is 15.3 Å². The van der Waals surface area contributed by atoms with Crippen molar-refractivity contribution in [3.05, 3.63) is 23.2 Å². The number of carbonyl (C=O) groups is 1. The van der Waals surface area contributed by atoms with E-state index in [0.717, 1.165) is 44.7 Å². The van der Waals surface area contributed by atoms with Crippen molar-refractivity contribution in [2.45, 2.75) is 52.6 Å². The number of benzene rings is 1. The lowest BCUT2D eigenvalue weighted by molar-refractivity contribution is 0.0525. The van der Waals surface area contributed by atoms with Crippen molar-refractivity contribution in [3.8, 4) is 5.75 Å². The number of ether oxygens (including phenoxy) is 2. The van der Waals surface area contributed by atoms with Gasteiger partial charge in [0.15, 0.2) is 5.82 Å². The molecule has 0 radical (unpaired) electrons. The highest BCUT2D eigenvalue weighted by molar-refractivity contribution is 7.19. The van der Waals surface area contributed by atoms with E-state index < -0.39 is 11.7 Å². The predicted molar refractivity (Wildman–Crippen MR) is 118 cm³/mol. The van der Waals surface area contributed by atoms with E-state index in [1.807, 2.05) is 39.0 Å². The Bertz CT molecular complexity index is 1010. The predicted octanol–water partition coefficient (Wildman–Crippen LogP) is 4.67. The number of pyridine rings is 1. The molecule has 0 aliphatic carbocycles. The molecule has 1 amide bonds. The number of alkyl carbamates (subject to hydrolysis) is 1. The van der Waals surface area contributed by atoms with Crippen LogP contribution in [-0.2, 0) is 11.2 Å². The molecule has 0 fully saturated rings. The first-order chi connectivity index (χ1) is 13.8. The zero-order valence-corrected chi connectivity index (χ0v) is 18.2. The Kier molecular flexibility index (Phi) is 6.42. The summed E-state index contributed by atoms with van der Waals surface area (Å²) in [6, 6.07) is 5.83. The van der Waals surface area contributed by atoms with Crippen LogP contribution in [0.1, 0.15) is 45.5 Å². The minimum absolute atomic E-state index is 0.418. The molecule has 0 bridgehead atoms. The summed E-state index contributed by atoms with van der Waals surface area (Å²) in [7, 11) is 0. The summed E-state index contributed by atoms with van der Waals surface area (Å²) in [4.78, 5) is 20.8. The smallest absolute Gasteiger partial charge is 0.407 e. The topological polar surface area (TPSA) is 99.4 Å². The standard InChI is InChI=1S/C21H28N4O3S/c1-5-7-16-25-17-18(29-16)14-9-8-13(12-15(14)24-19(17)22)27-11-6-10-23-20(26)28-21(2,3)4/h8-9,12H,5-7,10-11H2,1-4H3,(H2,22,24)(H,23,26). The van der Waals surface area contributed by atoms with Crippen molar-refractivity contribution in [1.29, 1.82) is 0 Å². The highest BCUT2D eigenvalue weighted by Gasteiger charge is 2.15. The molecule has 2 aromatic heterocycles. The van der Waals surface area contributed by atoms with E-state index >= 15 is 0 Å². The molecule has 7 nitrogen and oxygen atoms in total. The van der Waals surface area contributed by atoms with Crippen LogP contribution in [0.3, 0.4) is 0 Å². The minimum atomic E-state index is -0.499. The molecule has 0 atom stereocenters. The van der Waals surface area contributed by atoms with Crippen LogP contribution in [0.15, 0.2) is 18.2 Å². The first kappa shape index (κ1) is 21.1. The minimum Gasteiger partial charge on any atom is -0.493 e. The molecule has 0 unspecified atom stereocenters. The van der Waals surface area contributed by atoms with Crippen LogP contribution in [0.5, 0.6) is 5.75 Å². The maximum Gasteiger partial charge on any atom is 0.407 e. The quantitative estimate of drug-likeness (QED) is 0.543. The third-order valence-electron chi connectivity index (χ3n) is 4.09. The maximum atomic E-state index is 11.6. The Morgan fingerprint density at radius 2 is 2.07 bits per heavy atom. The molecule has 29 heavy (non-hydrogen) atoms. The molecule has 0 aliphatic heterocycles. The van der Waals surface area contributed by atoms with Crippen LogP contribution in [-0.4, -0.2) is 34.8 Å². The molecule has 8 heteroatoms. The molecule has 3 rings (SSSR count). The van der Waals surface area contributed by atoms with Gasteiger partial charge in [-0.2, -0.15) is 0 Å². The molecule has 0 aliphatic rings. The van der Waals surface area contributed by atoms with E-state index in [1.165, 1.54) is 0 Å². The van der Waals surface area contributed by atoms with Gasteiger partial charge in [0.05, 0.1) is 21.8 Å². The lowest BCUT2D eigenvalue weighted by atomic mass is 10.2. The molecule has 156 valence electrons. The summed E-state index contributed by atoms with van der Waals surface area (Å²) in [5, 5.41) is 4.84. The highest BCUT2D eigenvalue weighted by Crippen LogP contribution is 2.34. The second-order valence-corrected chi connectivity index (χ2v) is 8.93. The largest absolute Gasteiger partial charge is 0.493 e. The number of nitrogens with two attached hydrogens (primary N) is 1. The molecule has 2 heterocycles. The fourth-order valence-corrected chi connectivity index (χ4v) is 4.08. The van der Waals surface area contributed by atoms with Crippen LogP contribution in [0.25, 0.3) is 21.1 Å². The molecule has 1 aromatic carbocycles. The molecule has 3 N–H and O–H groups in total. The van der Waals surface area contributed by atoms with E-state index in [2.05, 4.69) is 22.2 Å². The Morgan fingerprint density at radius 3 is 2.79 bits per heavy atom. The van der Waals surface area contributed by atoms with Crippen LogP contribution >= 0.6 is 11.3 Å². The third-order valence-corrected chi connectivity index (χ3v) is 5.24. The van der Waals surface area contributed by atoms with Crippen molar-refractivity contribution >= 4 is 44.4 Å². The van der Waals surface area contributed by atoms with E-state index in [0.29, 0.717) is 25.4 Å². The highest BCUT2D eigenvalue weighted by atomic mass is 32.1. The van der Waals surface area contributed by atoms with Crippen molar-refractivity contribution < 1.29 is 14.3 Å². The molecular formula is C21H28N4O3S. The lowest BCUT2D eigenvalue weighted by Crippen LogP contribution is -2.33. The molecule has 3 aromatic rings. The number of hydrogen-bond donors (Lipinski definition) is 2. The van der Waals surface area contributed by atoms with Gasteiger partial charge in [0.1, 0.15) is 16.9 Å². The van der Waals surface area contributed by atoms with Gasteiger partial charge in [0, 0.05) is 18.0 Å². The molecular weight excluding hydrogens is 388 g/mol. The number of aryl methyl sites for hydroxylation is 1. The van der Waals surface area contributed by atoms with Crippen molar-refractivity contribution in [2.75, 3.05) is 18.9 Å². The Balaban J connectivity index is 1.61. The van der Waals surface area contributed by atoms with Crippen LogP contribution in [0.4, 0.5) is 10.6 Å². The summed E-state index contributed by atoms with van der Waals surface area (Å²) < 4.78 is 12.1. The van der Waals surface area contributed by atoms with Gasteiger partial charge in [-0.05, 0) is 52.2 Å². The number of nitrogens with zero attached hydrogens (tertiary/aromatic N) is 2. The van der Waals surface area contributed by atoms with Gasteiger partial charge in [0.25, 0.3) is 0 Å². The fraction of sp³-hybridized carbons (Fsp3) is 0.476. The molecule has 0 saturated heterocycles. The van der Waals surface area contributed by atoms with Gasteiger partial charge in [-0.25, -0.2) is 14.8 Å². The normalized spacial score (nSPS) is 11.7. The maximum absolute atomic E-state index is 11.6. The van der Waals surface area contributed by atoms with Crippen molar-refractivity contribution in [3.63, 3.8) is 0 Å². The fourth-order valence-electron chi connectivity index (χ4n) is 2.88. The summed E-state index contributed by atoms with van der Waals surface area (Å²) in [5.74, 6) is 1.17. The second kappa shape index (κ2) is 8.82. The SMILES string of the molecule is CCCc1nc2c(N)nc3cc(OCCCNC(=O)OC(C)(C)C)ccc3c2s1. The third kappa shape index (κ3) is 5.47. The van der Waals surface area contributed by atoms with E-state index in [1.54, 1.807) is 11.3 Å². The number of hydrogen-bond acceptors (Lipinski definition) is 7. The zero-order valence-electron chi connectivity index (χ0n) is 17.4. The summed E-state index contributed by atoms with van der Waals surface area (Å²) in [6.07, 6.45) is 2.24. The molecule has 0 spiro atoms. The van der Waals surface area contributed by atoms with E-state index in [-0.39, 0.29) is 0 Å². The number of nitrogens with one attached hydrogen (secondary N) is 1. The number of anilines is 1. The van der Waals surface area contributed by atoms with Crippen LogP contribution in [0, 0.1) is 0 Å². The lowest BCUT2D eigenvalue weighted by Gasteiger charge is -2.19. The first-order valence-corrected chi connectivity index (χ1v) is 10.7. The van der Waals surface area contributed by atoms with Gasteiger partial charge in [0.2, 0.25) is 0 Å². The van der Waals surface area contributed by atoms with Gasteiger partial charge >= 0.3 is 6.09 Å². The van der Waals surface area contributed by atoms with Crippen LogP contribution in [0.2, 0.25) is 0 Å². The second-order valence-electron chi connectivity index (χ2n) is 7.84.